The molecule has 0 saturated heterocycles. The number of aryl methyl sites for hydroxylation is 2. The van der Waals surface area contributed by atoms with E-state index in [4.69, 9.17) is 4.74 Å². The largest absolute Gasteiger partial charge is 0.381 e. The molecule has 1 unspecified atom stereocenters. The third kappa shape index (κ3) is 1.39. The molecule has 3 heteroatoms. The monoisotopic (exact) mass is 183 g/mol. The van der Waals surface area contributed by atoms with Crippen molar-refractivity contribution in [3.8, 4) is 0 Å². The van der Waals surface area contributed by atoms with Gasteiger partial charge in [0.2, 0.25) is 0 Å². The molecule has 0 amide bonds. The van der Waals surface area contributed by atoms with Crippen molar-refractivity contribution in [3.05, 3.63) is 15.6 Å². The Labute approximate surface area is 76.6 Å². The van der Waals surface area contributed by atoms with Gasteiger partial charge in [0.25, 0.3) is 0 Å². The van der Waals surface area contributed by atoms with Crippen molar-refractivity contribution in [2.75, 3.05) is 7.11 Å². The van der Waals surface area contributed by atoms with E-state index in [1.54, 1.807) is 7.11 Å². The van der Waals surface area contributed by atoms with Gasteiger partial charge in [0, 0.05) is 18.4 Å². The molecule has 1 atom stereocenters. The van der Waals surface area contributed by atoms with Crippen LogP contribution in [0.1, 0.15) is 22.0 Å². The first-order valence-electron chi connectivity index (χ1n) is 4.27. The third-order valence-corrected chi connectivity index (χ3v) is 3.37. The van der Waals surface area contributed by atoms with Crippen LogP contribution in [0.2, 0.25) is 0 Å². The number of fused-ring (bicyclic) bond motifs is 1. The predicted octanol–water partition coefficient (Wildman–Crippen LogP) is 1.96. The minimum absolute atomic E-state index is 0.428. The van der Waals surface area contributed by atoms with Gasteiger partial charge >= 0.3 is 0 Å². The van der Waals surface area contributed by atoms with Crippen molar-refractivity contribution in [3.63, 3.8) is 0 Å². The molecule has 1 aromatic heterocycles. The number of ether oxygens (including phenoxy) is 1. The Kier molecular flexibility index (Phi) is 2.15. The van der Waals surface area contributed by atoms with Crippen LogP contribution in [-0.2, 0) is 17.6 Å². The number of hydrogen-bond acceptors (Lipinski definition) is 3. The molecule has 12 heavy (non-hydrogen) atoms. The van der Waals surface area contributed by atoms with E-state index < -0.39 is 0 Å². The minimum atomic E-state index is 0.428. The average molecular weight is 183 g/mol. The van der Waals surface area contributed by atoms with E-state index in [9.17, 15) is 0 Å². The van der Waals surface area contributed by atoms with Crippen molar-refractivity contribution in [2.24, 2.45) is 0 Å². The van der Waals surface area contributed by atoms with Crippen LogP contribution in [0, 0.1) is 6.92 Å². The number of aromatic nitrogens is 1. The van der Waals surface area contributed by atoms with Gasteiger partial charge in [0.05, 0.1) is 16.8 Å². The van der Waals surface area contributed by atoms with Gasteiger partial charge in [0.15, 0.2) is 0 Å². The van der Waals surface area contributed by atoms with Crippen LogP contribution >= 0.6 is 11.3 Å². The Hall–Kier alpha value is -0.410. The quantitative estimate of drug-likeness (QED) is 0.664. The molecular formula is C9H13NOS. The second-order valence-corrected chi connectivity index (χ2v) is 4.49. The summed E-state index contributed by atoms with van der Waals surface area (Å²) in [5, 5.41) is 1.19. The van der Waals surface area contributed by atoms with Crippen molar-refractivity contribution >= 4 is 11.3 Å². The molecule has 0 radical (unpaired) electrons. The first-order valence-corrected chi connectivity index (χ1v) is 5.09. The average Bonchev–Trinajstić information content (AvgIpc) is 2.43. The lowest BCUT2D eigenvalue weighted by atomic mass is 10.0. The minimum Gasteiger partial charge on any atom is -0.381 e. The summed E-state index contributed by atoms with van der Waals surface area (Å²) in [7, 11) is 1.80. The summed E-state index contributed by atoms with van der Waals surface area (Å²) in [6.45, 7) is 2.07. The van der Waals surface area contributed by atoms with E-state index in [1.165, 1.54) is 15.6 Å². The van der Waals surface area contributed by atoms with Gasteiger partial charge in [-0.3, -0.25) is 0 Å². The normalized spacial score (nSPS) is 22.3. The van der Waals surface area contributed by atoms with Crippen LogP contribution < -0.4 is 0 Å². The molecule has 0 N–H and O–H groups in total. The van der Waals surface area contributed by atoms with E-state index in [0.717, 1.165) is 19.3 Å². The topological polar surface area (TPSA) is 22.1 Å². The number of nitrogens with zero attached hydrogens (tertiary/aromatic N) is 1. The first-order chi connectivity index (χ1) is 5.79. The lowest BCUT2D eigenvalue weighted by molar-refractivity contribution is 0.0916. The van der Waals surface area contributed by atoms with Crippen LogP contribution in [0.25, 0.3) is 0 Å². The summed E-state index contributed by atoms with van der Waals surface area (Å²) < 4.78 is 5.34. The highest BCUT2D eigenvalue weighted by atomic mass is 32.1. The maximum atomic E-state index is 5.34. The van der Waals surface area contributed by atoms with Gasteiger partial charge in [-0.2, -0.15) is 0 Å². The van der Waals surface area contributed by atoms with Gasteiger partial charge in [-0.1, -0.05) is 0 Å². The van der Waals surface area contributed by atoms with Crippen molar-refractivity contribution in [1.82, 2.24) is 4.98 Å². The fourth-order valence-electron chi connectivity index (χ4n) is 1.67. The zero-order chi connectivity index (χ0) is 8.55. The highest BCUT2D eigenvalue weighted by Gasteiger charge is 2.20. The number of hydrogen-bond donors (Lipinski definition) is 0. The molecule has 1 aromatic rings. The number of rotatable bonds is 1. The van der Waals surface area contributed by atoms with E-state index in [2.05, 4.69) is 11.9 Å². The van der Waals surface area contributed by atoms with Gasteiger partial charge in [-0.25, -0.2) is 4.98 Å². The number of thiazole rings is 1. The molecule has 2 nitrogen and oxygen atoms in total. The molecular weight excluding hydrogens is 170 g/mol. The van der Waals surface area contributed by atoms with E-state index in [-0.39, 0.29) is 0 Å². The fourth-order valence-corrected chi connectivity index (χ4v) is 2.72. The molecule has 0 bridgehead atoms. The second kappa shape index (κ2) is 3.15. The molecule has 2 rings (SSSR count). The maximum Gasteiger partial charge on any atom is 0.0900 e. The molecule has 1 aliphatic rings. The van der Waals surface area contributed by atoms with Gasteiger partial charge < -0.3 is 4.74 Å². The smallest absolute Gasteiger partial charge is 0.0900 e. The Morgan fingerprint density at radius 1 is 1.58 bits per heavy atom. The Morgan fingerprint density at radius 3 is 3.17 bits per heavy atom. The molecule has 1 heterocycles. The van der Waals surface area contributed by atoms with Crippen molar-refractivity contribution in [1.29, 1.82) is 0 Å². The van der Waals surface area contributed by atoms with Gasteiger partial charge in [-0.05, 0) is 19.8 Å². The van der Waals surface area contributed by atoms with E-state index >= 15 is 0 Å². The third-order valence-electron chi connectivity index (χ3n) is 2.33. The van der Waals surface area contributed by atoms with Crippen LogP contribution in [0.15, 0.2) is 0 Å². The molecule has 0 aromatic carbocycles. The van der Waals surface area contributed by atoms with Crippen LogP contribution in [0.5, 0.6) is 0 Å². The summed E-state index contributed by atoms with van der Waals surface area (Å²) >= 11 is 1.82. The Balaban J connectivity index is 2.22. The molecule has 0 fully saturated rings. The highest BCUT2D eigenvalue weighted by molar-refractivity contribution is 7.11. The maximum absolute atomic E-state index is 5.34. The molecule has 1 aliphatic carbocycles. The van der Waals surface area contributed by atoms with Crippen molar-refractivity contribution < 1.29 is 4.74 Å². The highest BCUT2D eigenvalue weighted by Crippen LogP contribution is 2.27. The van der Waals surface area contributed by atoms with Crippen molar-refractivity contribution in [2.45, 2.75) is 32.3 Å². The molecule has 0 spiro atoms. The molecule has 0 saturated carbocycles. The summed E-state index contributed by atoms with van der Waals surface area (Å²) in [6.07, 6.45) is 3.72. The summed E-state index contributed by atoms with van der Waals surface area (Å²) in [5.74, 6) is 0. The summed E-state index contributed by atoms with van der Waals surface area (Å²) in [4.78, 5) is 5.92. The Bertz CT molecular complexity index is 282. The summed E-state index contributed by atoms with van der Waals surface area (Å²) in [5.41, 5.74) is 1.31. The Morgan fingerprint density at radius 2 is 2.42 bits per heavy atom. The summed E-state index contributed by atoms with van der Waals surface area (Å²) in [6, 6.07) is 0. The zero-order valence-corrected chi connectivity index (χ0v) is 8.28. The van der Waals surface area contributed by atoms with E-state index in [0.29, 0.717) is 6.10 Å². The van der Waals surface area contributed by atoms with Crippen LogP contribution in [0.3, 0.4) is 0 Å². The van der Waals surface area contributed by atoms with Crippen LogP contribution in [-0.4, -0.2) is 18.2 Å². The molecule has 66 valence electrons. The van der Waals surface area contributed by atoms with Crippen LogP contribution in [0.4, 0.5) is 0 Å². The van der Waals surface area contributed by atoms with E-state index in [1.807, 2.05) is 11.3 Å². The fraction of sp³-hybridized carbons (Fsp3) is 0.667. The SMILES string of the molecule is COC1CCc2nc(C)sc2C1. The molecule has 0 aliphatic heterocycles. The predicted molar refractivity (Wildman–Crippen MR) is 49.7 cm³/mol. The standard InChI is InChI=1S/C9H13NOS/c1-6-10-8-4-3-7(11-2)5-9(8)12-6/h7H,3-5H2,1-2H3. The lowest BCUT2D eigenvalue weighted by Gasteiger charge is -2.19. The number of methoxy groups -OCH3 is 1. The lowest BCUT2D eigenvalue weighted by Crippen LogP contribution is -2.19. The van der Waals surface area contributed by atoms with Gasteiger partial charge in [-0.15, -0.1) is 11.3 Å². The van der Waals surface area contributed by atoms with Gasteiger partial charge in [0.1, 0.15) is 0 Å². The second-order valence-electron chi connectivity index (χ2n) is 3.20. The zero-order valence-electron chi connectivity index (χ0n) is 7.46. The first kappa shape index (κ1) is 8.20.